The normalized spacial score (nSPS) is 11.4. The molecule has 17 heavy (non-hydrogen) atoms. The minimum Gasteiger partial charge on any atom is -0.342 e. The van der Waals surface area contributed by atoms with E-state index < -0.39 is 0 Å². The largest absolute Gasteiger partial charge is 0.342 e. The molecule has 0 spiro atoms. The summed E-state index contributed by atoms with van der Waals surface area (Å²) in [5, 5.41) is 0. The Balaban J connectivity index is 2.34. The van der Waals surface area contributed by atoms with Gasteiger partial charge in [0, 0.05) is 13.5 Å². The van der Waals surface area contributed by atoms with Crippen LogP contribution < -0.4 is 5.69 Å². The van der Waals surface area contributed by atoms with Gasteiger partial charge in [-0.1, -0.05) is 6.08 Å². The second-order valence-electron chi connectivity index (χ2n) is 4.05. The fraction of sp³-hybridized carbons (Fsp3) is 0.167. The van der Waals surface area contributed by atoms with Crippen molar-refractivity contribution < 1.29 is 0 Å². The molecule has 3 rings (SSSR count). The molecule has 0 aliphatic rings. The van der Waals surface area contributed by atoms with Gasteiger partial charge in [0.25, 0.3) is 0 Å². The van der Waals surface area contributed by atoms with E-state index >= 15 is 0 Å². The third-order valence-electron chi connectivity index (χ3n) is 2.89. The molecule has 5 heteroatoms. The first-order valence-corrected chi connectivity index (χ1v) is 5.37. The van der Waals surface area contributed by atoms with E-state index in [1.165, 1.54) is 0 Å². The third kappa shape index (κ3) is 1.39. The predicted molar refractivity (Wildman–Crippen MR) is 67.1 cm³/mol. The lowest BCUT2D eigenvalue weighted by Crippen LogP contribution is -2.11. The van der Waals surface area contributed by atoms with Gasteiger partial charge in [0.05, 0.1) is 22.1 Å². The molecule has 0 bridgehead atoms. The maximum absolute atomic E-state index is 11.5. The van der Waals surface area contributed by atoms with Crippen molar-refractivity contribution in [3.05, 3.63) is 41.1 Å². The highest BCUT2D eigenvalue weighted by Gasteiger charge is 2.07. The molecule has 2 aromatic heterocycles. The van der Waals surface area contributed by atoms with Gasteiger partial charge in [0.2, 0.25) is 0 Å². The van der Waals surface area contributed by atoms with Crippen molar-refractivity contribution in [2.75, 3.05) is 0 Å². The van der Waals surface area contributed by atoms with Gasteiger partial charge in [-0.2, -0.15) is 0 Å². The number of nitrogens with zero attached hydrogens (tertiary/aromatic N) is 2. The van der Waals surface area contributed by atoms with Gasteiger partial charge in [0.1, 0.15) is 5.82 Å². The van der Waals surface area contributed by atoms with E-state index in [0.717, 1.165) is 27.9 Å². The summed E-state index contributed by atoms with van der Waals surface area (Å²) in [6, 6.07) is 3.82. The number of rotatable bonds is 2. The Morgan fingerprint density at radius 2 is 2.24 bits per heavy atom. The summed E-state index contributed by atoms with van der Waals surface area (Å²) < 4.78 is 1.58. The van der Waals surface area contributed by atoms with Crippen LogP contribution in [0.4, 0.5) is 0 Å². The van der Waals surface area contributed by atoms with E-state index in [0.29, 0.717) is 6.42 Å². The molecular formula is C12H12N4O. The van der Waals surface area contributed by atoms with Crippen LogP contribution in [0.5, 0.6) is 0 Å². The van der Waals surface area contributed by atoms with Crippen LogP contribution in [-0.2, 0) is 13.5 Å². The van der Waals surface area contributed by atoms with Crippen LogP contribution >= 0.6 is 0 Å². The molecule has 2 N–H and O–H groups in total. The van der Waals surface area contributed by atoms with Crippen LogP contribution in [0, 0.1) is 0 Å². The van der Waals surface area contributed by atoms with Gasteiger partial charge in [-0.3, -0.25) is 4.57 Å². The number of H-pyrrole nitrogens is 2. The van der Waals surface area contributed by atoms with Crippen molar-refractivity contribution in [1.29, 1.82) is 0 Å². The second kappa shape index (κ2) is 3.35. The van der Waals surface area contributed by atoms with Crippen LogP contribution in [0.25, 0.3) is 22.1 Å². The summed E-state index contributed by atoms with van der Waals surface area (Å²) in [5.74, 6) is 0.882. The number of hydrogen-bond donors (Lipinski definition) is 2. The molecule has 0 atom stereocenters. The maximum Gasteiger partial charge on any atom is 0.326 e. The summed E-state index contributed by atoms with van der Waals surface area (Å²) in [7, 11) is 1.74. The molecule has 0 unspecified atom stereocenters. The Labute approximate surface area is 96.8 Å². The molecule has 0 fully saturated rings. The van der Waals surface area contributed by atoms with Crippen molar-refractivity contribution in [1.82, 2.24) is 19.5 Å². The van der Waals surface area contributed by atoms with E-state index in [1.807, 2.05) is 12.1 Å². The molecule has 0 saturated carbocycles. The minimum absolute atomic E-state index is 0.112. The standard InChI is InChI=1S/C12H12N4O/c1-3-4-11-13-7-5-9-10(6-8(7)14-11)16(2)12(17)15-9/h3,5-6H,1,4H2,2H3,(H,13,14)(H,15,17). The van der Waals surface area contributed by atoms with Crippen molar-refractivity contribution in [2.24, 2.45) is 7.05 Å². The van der Waals surface area contributed by atoms with Gasteiger partial charge in [0.15, 0.2) is 0 Å². The van der Waals surface area contributed by atoms with Crippen molar-refractivity contribution in [3.63, 3.8) is 0 Å². The lowest BCUT2D eigenvalue weighted by Gasteiger charge is -1.92. The zero-order chi connectivity index (χ0) is 12.0. The van der Waals surface area contributed by atoms with E-state index in [2.05, 4.69) is 21.5 Å². The highest BCUT2D eigenvalue weighted by molar-refractivity contribution is 5.91. The molecule has 0 amide bonds. The van der Waals surface area contributed by atoms with Crippen LogP contribution in [0.2, 0.25) is 0 Å². The quantitative estimate of drug-likeness (QED) is 0.652. The fourth-order valence-corrected chi connectivity index (χ4v) is 2.02. The number of imidazole rings is 2. The average molecular weight is 228 g/mol. The highest BCUT2D eigenvalue weighted by Crippen LogP contribution is 2.18. The van der Waals surface area contributed by atoms with Crippen LogP contribution in [-0.4, -0.2) is 19.5 Å². The topological polar surface area (TPSA) is 66.5 Å². The number of hydrogen-bond acceptors (Lipinski definition) is 2. The number of aryl methyl sites for hydroxylation is 1. The molecule has 2 heterocycles. The van der Waals surface area contributed by atoms with Crippen LogP contribution in [0.1, 0.15) is 5.82 Å². The average Bonchev–Trinajstić information content (AvgIpc) is 2.79. The van der Waals surface area contributed by atoms with E-state index in [4.69, 9.17) is 0 Å². The Kier molecular flexibility index (Phi) is 1.95. The molecular weight excluding hydrogens is 216 g/mol. The van der Waals surface area contributed by atoms with Gasteiger partial charge in [-0.05, 0) is 12.1 Å². The number of nitrogens with one attached hydrogen (secondary N) is 2. The van der Waals surface area contributed by atoms with E-state index in [9.17, 15) is 4.79 Å². The number of aromatic nitrogens is 4. The SMILES string of the molecule is C=CCc1nc2cc3c(cc2[nH]1)[nH]c(=O)n3C. The number of allylic oxidation sites excluding steroid dienone is 1. The minimum atomic E-state index is -0.112. The molecule has 5 nitrogen and oxygen atoms in total. The Morgan fingerprint density at radius 3 is 3.00 bits per heavy atom. The lowest BCUT2D eigenvalue weighted by atomic mass is 10.3. The van der Waals surface area contributed by atoms with E-state index in [-0.39, 0.29) is 5.69 Å². The Bertz CT molecular complexity index is 775. The van der Waals surface area contributed by atoms with Gasteiger partial charge in [-0.25, -0.2) is 9.78 Å². The number of fused-ring (bicyclic) bond motifs is 2. The van der Waals surface area contributed by atoms with Gasteiger partial charge < -0.3 is 9.97 Å². The highest BCUT2D eigenvalue weighted by atomic mass is 16.1. The van der Waals surface area contributed by atoms with Crippen molar-refractivity contribution in [2.45, 2.75) is 6.42 Å². The Morgan fingerprint density at radius 1 is 1.41 bits per heavy atom. The zero-order valence-electron chi connectivity index (χ0n) is 9.45. The number of aromatic amines is 2. The molecule has 1 aromatic carbocycles. The smallest absolute Gasteiger partial charge is 0.326 e. The second-order valence-corrected chi connectivity index (χ2v) is 4.05. The summed E-state index contributed by atoms with van der Waals surface area (Å²) in [4.78, 5) is 21.9. The first-order valence-electron chi connectivity index (χ1n) is 5.37. The third-order valence-corrected chi connectivity index (χ3v) is 2.89. The molecule has 0 aliphatic heterocycles. The summed E-state index contributed by atoms with van der Waals surface area (Å²) >= 11 is 0. The molecule has 0 saturated heterocycles. The van der Waals surface area contributed by atoms with Gasteiger partial charge in [-0.15, -0.1) is 6.58 Å². The molecule has 0 aliphatic carbocycles. The monoisotopic (exact) mass is 228 g/mol. The first-order chi connectivity index (χ1) is 8.19. The summed E-state index contributed by atoms with van der Waals surface area (Å²) in [6.45, 7) is 3.69. The van der Waals surface area contributed by atoms with Crippen LogP contribution in [0.3, 0.4) is 0 Å². The van der Waals surface area contributed by atoms with Crippen LogP contribution in [0.15, 0.2) is 29.6 Å². The Hall–Kier alpha value is -2.30. The molecule has 3 aromatic rings. The molecule has 0 radical (unpaired) electrons. The summed E-state index contributed by atoms with van der Waals surface area (Å²) in [5.41, 5.74) is 3.36. The van der Waals surface area contributed by atoms with Crippen molar-refractivity contribution in [3.8, 4) is 0 Å². The maximum atomic E-state index is 11.5. The lowest BCUT2D eigenvalue weighted by molar-refractivity contribution is 0.892. The van der Waals surface area contributed by atoms with Crippen molar-refractivity contribution >= 4 is 22.1 Å². The molecule has 86 valence electrons. The first kappa shape index (κ1) is 9.89. The van der Waals surface area contributed by atoms with E-state index in [1.54, 1.807) is 17.7 Å². The number of benzene rings is 1. The fourth-order valence-electron chi connectivity index (χ4n) is 2.02. The summed E-state index contributed by atoms with van der Waals surface area (Å²) in [6.07, 6.45) is 2.51. The predicted octanol–water partition coefficient (Wildman–Crippen LogP) is 1.47. The zero-order valence-corrected chi connectivity index (χ0v) is 9.45. The van der Waals surface area contributed by atoms with Gasteiger partial charge >= 0.3 is 5.69 Å².